The number of nitrogens with two attached hydrogens (primary N) is 1. The van der Waals surface area contributed by atoms with Crippen molar-refractivity contribution in [1.29, 1.82) is 0 Å². The molecule has 0 atom stereocenters. The minimum Gasteiger partial charge on any atom is -0.395 e. The van der Waals surface area contributed by atoms with Gasteiger partial charge in [0.2, 0.25) is 0 Å². The summed E-state index contributed by atoms with van der Waals surface area (Å²) in [6, 6.07) is 1.57. The van der Waals surface area contributed by atoms with Crippen LogP contribution in [0, 0.1) is 0 Å². The number of pyridine rings is 1. The van der Waals surface area contributed by atoms with Crippen molar-refractivity contribution in [3.05, 3.63) is 11.6 Å². The van der Waals surface area contributed by atoms with Crippen LogP contribution in [0.5, 0.6) is 0 Å². The number of carbonyl (C=O) groups is 1. The molecule has 0 bridgehead atoms. The number of aliphatic hydroxyl groups is 3. The van der Waals surface area contributed by atoms with Crippen LogP contribution in [-0.4, -0.2) is 65.7 Å². The average molecular weight is 299 g/mol. The molecule has 1 heterocycles. The lowest BCUT2D eigenvalue weighted by Gasteiger charge is -2.16. The van der Waals surface area contributed by atoms with Crippen LogP contribution in [0.1, 0.15) is 10.4 Å². The number of hydrogen-bond donors (Lipinski definition) is 7. The predicted molar refractivity (Wildman–Crippen MR) is 79.5 cm³/mol. The Morgan fingerprint density at radius 1 is 1.05 bits per heavy atom. The maximum atomic E-state index is 11.6. The standard InChI is InChI=1S/C12H21N5O4/c13-11(21)10-8(14-1-4-18)7-9(15-2-5-19)17-12(10)16-3-6-20/h7,18-20H,1-6H2,(H2,13,21)(H3,14,15,16,17). The van der Waals surface area contributed by atoms with Crippen molar-refractivity contribution in [1.82, 2.24) is 4.98 Å². The van der Waals surface area contributed by atoms with Crippen LogP contribution in [0.3, 0.4) is 0 Å². The van der Waals surface area contributed by atoms with Gasteiger partial charge < -0.3 is 37.0 Å². The predicted octanol–water partition coefficient (Wildman–Crippen LogP) is -1.61. The number of hydrogen-bond acceptors (Lipinski definition) is 8. The molecule has 0 aliphatic rings. The Kier molecular flexibility index (Phi) is 7.23. The summed E-state index contributed by atoms with van der Waals surface area (Å²) in [7, 11) is 0. The second kappa shape index (κ2) is 8.95. The molecule has 0 fully saturated rings. The van der Waals surface area contributed by atoms with Gasteiger partial charge in [-0.25, -0.2) is 4.98 Å². The highest BCUT2D eigenvalue weighted by Gasteiger charge is 2.17. The number of aromatic nitrogens is 1. The van der Waals surface area contributed by atoms with E-state index in [-0.39, 0.29) is 44.3 Å². The SMILES string of the molecule is NC(=O)c1c(NCCO)cc(NCCO)nc1NCCO. The number of rotatable bonds is 10. The summed E-state index contributed by atoms with van der Waals surface area (Å²) in [5.74, 6) is -0.0352. The van der Waals surface area contributed by atoms with Gasteiger partial charge in [0.15, 0.2) is 0 Å². The molecule has 1 aromatic heterocycles. The van der Waals surface area contributed by atoms with Gasteiger partial charge in [0.05, 0.1) is 25.5 Å². The van der Waals surface area contributed by atoms with E-state index in [2.05, 4.69) is 20.9 Å². The van der Waals surface area contributed by atoms with Crippen LogP contribution in [0.15, 0.2) is 6.07 Å². The Bertz CT molecular complexity index is 440. The molecule has 0 saturated carbocycles. The fourth-order valence-electron chi connectivity index (χ4n) is 1.70. The van der Waals surface area contributed by atoms with Crippen molar-refractivity contribution >= 4 is 23.2 Å². The van der Waals surface area contributed by atoms with Gasteiger partial charge in [-0.2, -0.15) is 0 Å². The molecule has 9 heteroatoms. The number of nitrogens with zero attached hydrogens (tertiary/aromatic N) is 1. The van der Waals surface area contributed by atoms with Crippen molar-refractivity contribution in [3.8, 4) is 0 Å². The molecule has 0 unspecified atom stereocenters. The first-order chi connectivity index (χ1) is 10.1. The van der Waals surface area contributed by atoms with E-state index in [1.165, 1.54) is 0 Å². The first kappa shape index (κ1) is 17.0. The van der Waals surface area contributed by atoms with Crippen molar-refractivity contribution in [2.24, 2.45) is 5.73 Å². The Morgan fingerprint density at radius 2 is 1.62 bits per heavy atom. The zero-order valence-electron chi connectivity index (χ0n) is 11.6. The number of anilines is 3. The largest absolute Gasteiger partial charge is 0.395 e. The normalized spacial score (nSPS) is 10.2. The van der Waals surface area contributed by atoms with Gasteiger partial charge in [-0.05, 0) is 0 Å². The fraction of sp³-hybridized carbons (Fsp3) is 0.500. The number of carbonyl (C=O) groups excluding carboxylic acids is 1. The van der Waals surface area contributed by atoms with Crippen molar-refractivity contribution in [3.63, 3.8) is 0 Å². The topological polar surface area (TPSA) is 153 Å². The Morgan fingerprint density at radius 3 is 2.19 bits per heavy atom. The van der Waals surface area contributed by atoms with Gasteiger partial charge in [-0.15, -0.1) is 0 Å². The molecule has 9 nitrogen and oxygen atoms in total. The summed E-state index contributed by atoms with van der Waals surface area (Å²) in [4.78, 5) is 15.8. The smallest absolute Gasteiger partial charge is 0.254 e. The minimum atomic E-state index is -0.683. The van der Waals surface area contributed by atoms with E-state index in [1.54, 1.807) is 6.07 Å². The van der Waals surface area contributed by atoms with Gasteiger partial charge >= 0.3 is 0 Å². The zero-order valence-corrected chi connectivity index (χ0v) is 11.6. The molecular weight excluding hydrogens is 278 g/mol. The Balaban J connectivity index is 3.17. The summed E-state index contributed by atoms with van der Waals surface area (Å²) >= 11 is 0. The second-order valence-corrected chi connectivity index (χ2v) is 4.09. The van der Waals surface area contributed by atoms with Crippen LogP contribution in [0.25, 0.3) is 0 Å². The summed E-state index contributed by atoms with van der Waals surface area (Å²) in [6.45, 7) is 0.423. The van der Waals surface area contributed by atoms with Gasteiger partial charge in [0.25, 0.3) is 5.91 Å². The molecule has 0 aliphatic carbocycles. The first-order valence-corrected chi connectivity index (χ1v) is 6.53. The molecule has 0 saturated heterocycles. The number of aliphatic hydroxyl groups excluding tert-OH is 3. The maximum Gasteiger partial charge on any atom is 0.254 e. The molecule has 1 rings (SSSR count). The molecule has 1 amide bonds. The molecule has 118 valence electrons. The van der Waals surface area contributed by atoms with Crippen molar-refractivity contribution in [2.45, 2.75) is 0 Å². The van der Waals surface area contributed by atoms with E-state index in [0.29, 0.717) is 18.1 Å². The lowest BCUT2D eigenvalue weighted by atomic mass is 10.2. The highest BCUT2D eigenvalue weighted by molar-refractivity contribution is 6.03. The average Bonchev–Trinajstić information content (AvgIpc) is 2.47. The summed E-state index contributed by atoms with van der Waals surface area (Å²) < 4.78 is 0. The van der Waals surface area contributed by atoms with Crippen molar-refractivity contribution in [2.75, 3.05) is 55.4 Å². The summed E-state index contributed by atoms with van der Waals surface area (Å²) in [5, 5.41) is 35.2. The Hall–Kier alpha value is -2.10. The van der Waals surface area contributed by atoms with Gasteiger partial charge in [0.1, 0.15) is 17.2 Å². The molecule has 0 aliphatic heterocycles. The van der Waals surface area contributed by atoms with E-state index in [9.17, 15) is 4.79 Å². The minimum absolute atomic E-state index is 0.0714. The third-order valence-corrected chi connectivity index (χ3v) is 2.52. The van der Waals surface area contributed by atoms with Crippen LogP contribution >= 0.6 is 0 Å². The van der Waals surface area contributed by atoms with Crippen LogP contribution < -0.4 is 21.7 Å². The molecule has 0 radical (unpaired) electrons. The lowest BCUT2D eigenvalue weighted by molar-refractivity contribution is 0.100. The van der Waals surface area contributed by atoms with E-state index in [4.69, 9.17) is 21.1 Å². The molecule has 0 spiro atoms. The lowest BCUT2D eigenvalue weighted by Crippen LogP contribution is -2.21. The molecular formula is C12H21N5O4. The van der Waals surface area contributed by atoms with E-state index < -0.39 is 5.91 Å². The molecule has 8 N–H and O–H groups in total. The first-order valence-electron chi connectivity index (χ1n) is 6.53. The van der Waals surface area contributed by atoms with Crippen LogP contribution in [0.2, 0.25) is 0 Å². The zero-order chi connectivity index (χ0) is 15.7. The second-order valence-electron chi connectivity index (χ2n) is 4.09. The van der Waals surface area contributed by atoms with Crippen LogP contribution in [-0.2, 0) is 0 Å². The summed E-state index contributed by atoms with van der Waals surface area (Å²) in [6.07, 6.45) is 0. The maximum absolute atomic E-state index is 11.6. The quantitative estimate of drug-likeness (QED) is 0.272. The highest BCUT2D eigenvalue weighted by Crippen LogP contribution is 2.26. The molecule has 21 heavy (non-hydrogen) atoms. The van der Waals surface area contributed by atoms with E-state index >= 15 is 0 Å². The fourth-order valence-corrected chi connectivity index (χ4v) is 1.70. The third-order valence-electron chi connectivity index (χ3n) is 2.52. The number of nitrogens with one attached hydrogen (secondary N) is 3. The van der Waals surface area contributed by atoms with Crippen LogP contribution in [0.4, 0.5) is 17.3 Å². The van der Waals surface area contributed by atoms with Gasteiger partial charge in [-0.1, -0.05) is 0 Å². The highest BCUT2D eigenvalue weighted by atomic mass is 16.3. The van der Waals surface area contributed by atoms with Gasteiger partial charge in [-0.3, -0.25) is 4.79 Å². The van der Waals surface area contributed by atoms with Gasteiger partial charge in [0, 0.05) is 25.7 Å². The third kappa shape index (κ3) is 5.06. The van der Waals surface area contributed by atoms with Crippen molar-refractivity contribution < 1.29 is 20.1 Å². The molecule has 0 aromatic carbocycles. The monoisotopic (exact) mass is 299 g/mol. The number of primary amides is 1. The molecule has 1 aromatic rings. The summed E-state index contributed by atoms with van der Waals surface area (Å²) in [5.41, 5.74) is 5.92. The van der Waals surface area contributed by atoms with E-state index in [1.807, 2.05) is 0 Å². The number of amides is 1. The Labute approximate surface area is 122 Å². The van der Waals surface area contributed by atoms with E-state index in [0.717, 1.165) is 0 Å².